The third kappa shape index (κ3) is 5.34. The zero-order valence-electron chi connectivity index (χ0n) is 11.7. The Morgan fingerprint density at radius 1 is 1.22 bits per heavy atom. The van der Waals surface area contributed by atoms with Crippen molar-refractivity contribution in [3.8, 4) is 0 Å². The Bertz CT molecular complexity index is 258. The van der Waals surface area contributed by atoms with Crippen molar-refractivity contribution in [2.75, 3.05) is 6.61 Å². The van der Waals surface area contributed by atoms with Crippen molar-refractivity contribution >= 4 is 5.78 Å². The molecule has 0 amide bonds. The predicted molar refractivity (Wildman–Crippen MR) is 75.4 cm³/mol. The van der Waals surface area contributed by atoms with Crippen LogP contribution in [-0.4, -0.2) is 17.5 Å². The maximum atomic E-state index is 11.8. The highest BCUT2D eigenvalue weighted by molar-refractivity contribution is 5.83. The summed E-state index contributed by atoms with van der Waals surface area (Å²) in [6.45, 7) is 2.44. The van der Waals surface area contributed by atoms with Crippen LogP contribution in [0.25, 0.3) is 0 Å². The monoisotopic (exact) mass is 252 g/mol. The highest BCUT2D eigenvalue weighted by atomic mass is 16.2. The molecule has 0 aromatic heterocycles. The van der Waals surface area contributed by atoms with Crippen molar-refractivity contribution < 1.29 is 9.90 Å². The first-order chi connectivity index (χ1) is 8.79. The van der Waals surface area contributed by atoms with Gasteiger partial charge in [0.1, 0.15) is 5.78 Å². The van der Waals surface area contributed by atoms with E-state index in [4.69, 9.17) is 5.11 Å². The van der Waals surface area contributed by atoms with E-state index in [1.807, 2.05) is 0 Å². The molecule has 0 aliphatic heterocycles. The number of allylic oxidation sites excluding steroid dienone is 2. The van der Waals surface area contributed by atoms with Crippen molar-refractivity contribution in [3.05, 3.63) is 12.2 Å². The van der Waals surface area contributed by atoms with Crippen LogP contribution in [0.2, 0.25) is 0 Å². The number of carbonyl (C=O) groups excluding carboxylic acids is 1. The normalized spacial score (nSPS) is 24.2. The van der Waals surface area contributed by atoms with E-state index in [9.17, 15) is 4.79 Å². The van der Waals surface area contributed by atoms with Gasteiger partial charge in [-0.05, 0) is 38.0 Å². The summed E-state index contributed by atoms with van der Waals surface area (Å²) in [7, 11) is 0. The Hall–Kier alpha value is -0.630. The number of Topliss-reactive ketones (excluding diaryl/α,β-unsaturated/α-hetero) is 1. The molecule has 0 heterocycles. The molecule has 1 saturated carbocycles. The van der Waals surface area contributed by atoms with E-state index in [-0.39, 0.29) is 0 Å². The van der Waals surface area contributed by atoms with Gasteiger partial charge in [-0.25, -0.2) is 0 Å². The van der Waals surface area contributed by atoms with Gasteiger partial charge in [0.2, 0.25) is 0 Å². The molecule has 1 rings (SSSR count). The lowest BCUT2D eigenvalue weighted by Gasteiger charge is -2.16. The van der Waals surface area contributed by atoms with Crippen LogP contribution in [0.1, 0.15) is 64.7 Å². The Kier molecular flexibility index (Phi) is 7.99. The van der Waals surface area contributed by atoms with Gasteiger partial charge in [0, 0.05) is 18.9 Å². The molecule has 1 fully saturated rings. The molecule has 0 spiro atoms. The van der Waals surface area contributed by atoms with Crippen molar-refractivity contribution in [1.82, 2.24) is 0 Å². The Balaban J connectivity index is 2.25. The summed E-state index contributed by atoms with van der Waals surface area (Å²) in [5.41, 5.74) is 0. The van der Waals surface area contributed by atoms with Crippen LogP contribution >= 0.6 is 0 Å². The van der Waals surface area contributed by atoms with Crippen LogP contribution in [-0.2, 0) is 4.79 Å². The molecule has 1 aliphatic carbocycles. The Morgan fingerprint density at radius 3 is 2.72 bits per heavy atom. The molecule has 18 heavy (non-hydrogen) atoms. The molecular weight excluding hydrogens is 224 g/mol. The average Bonchev–Trinajstić information content (AvgIpc) is 2.71. The van der Waals surface area contributed by atoms with Crippen LogP contribution in [0.5, 0.6) is 0 Å². The van der Waals surface area contributed by atoms with Gasteiger partial charge in [-0.2, -0.15) is 0 Å². The van der Waals surface area contributed by atoms with Gasteiger partial charge in [0.15, 0.2) is 0 Å². The number of ketones is 1. The number of hydrogen-bond acceptors (Lipinski definition) is 2. The summed E-state index contributed by atoms with van der Waals surface area (Å²) in [5.74, 6) is 1.40. The van der Waals surface area contributed by atoms with Gasteiger partial charge in [-0.1, -0.05) is 38.3 Å². The van der Waals surface area contributed by atoms with E-state index < -0.39 is 0 Å². The van der Waals surface area contributed by atoms with E-state index in [1.165, 1.54) is 19.3 Å². The number of rotatable bonds is 9. The predicted octanol–water partition coefficient (Wildman–Crippen LogP) is 3.88. The summed E-state index contributed by atoms with van der Waals surface area (Å²) in [5, 5.41) is 8.72. The lowest BCUT2D eigenvalue weighted by molar-refractivity contribution is -0.121. The van der Waals surface area contributed by atoms with E-state index in [0.717, 1.165) is 38.5 Å². The summed E-state index contributed by atoms with van der Waals surface area (Å²) in [6.07, 6.45) is 13.9. The first-order valence-electron chi connectivity index (χ1n) is 7.58. The quantitative estimate of drug-likeness (QED) is 0.499. The smallest absolute Gasteiger partial charge is 0.136 e. The van der Waals surface area contributed by atoms with Crippen LogP contribution in [0.4, 0.5) is 0 Å². The first-order valence-corrected chi connectivity index (χ1v) is 7.58. The van der Waals surface area contributed by atoms with Crippen molar-refractivity contribution in [3.63, 3.8) is 0 Å². The molecule has 0 bridgehead atoms. The van der Waals surface area contributed by atoms with E-state index in [0.29, 0.717) is 24.2 Å². The highest BCUT2D eigenvalue weighted by Crippen LogP contribution is 2.35. The molecule has 0 saturated heterocycles. The van der Waals surface area contributed by atoms with Gasteiger partial charge in [-0.3, -0.25) is 4.79 Å². The second-order valence-electron chi connectivity index (χ2n) is 5.41. The lowest BCUT2D eigenvalue weighted by Crippen LogP contribution is -2.14. The van der Waals surface area contributed by atoms with E-state index in [1.54, 1.807) is 0 Å². The first kappa shape index (κ1) is 15.4. The molecular formula is C16H28O2. The fourth-order valence-electron chi connectivity index (χ4n) is 2.93. The Labute approximate surface area is 111 Å². The minimum atomic E-state index is 0.297. The molecule has 0 radical (unpaired) electrons. The summed E-state index contributed by atoms with van der Waals surface area (Å²) in [4.78, 5) is 11.8. The third-order valence-electron chi connectivity index (χ3n) is 4.02. The summed E-state index contributed by atoms with van der Waals surface area (Å²) < 4.78 is 0. The number of aliphatic hydroxyl groups is 1. The fraction of sp³-hybridized carbons (Fsp3) is 0.812. The molecule has 2 nitrogen and oxygen atoms in total. The van der Waals surface area contributed by atoms with Gasteiger partial charge in [0.25, 0.3) is 0 Å². The van der Waals surface area contributed by atoms with Crippen LogP contribution in [0.15, 0.2) is 12.2 Å². The molecule has 1 aliphatic rings. The number of carbonyl (C=O) groups is 1. The summed E-state index contributed by atoms with van der Waals surface area (Å²) in [6, 6.07) is 0. The maximum absolute atomic E-state index is 11.8. The molecule has 0 unspecified atom stereocenters. The van der Waals surface area contributed by atoms with Gasteiger partial charge in [-0.15, -0.1) is 0 Å². The lowest BCUT2D eigenvalue weighted by atomic mass is 9.88. The topological polar surface area (TPSA) is 37.3 Å². The molecule has 1 N–H and O–H groups in total. The average molecular weight is 252 g/mol. The largest absolute Gasteiger partial charge is 0.396 e. The second-order valence-corrected chi connectivity index (χ2v) is 5.41. The third-order valence-corrected chi connectivity index (χ3v) is 4.02. The molecule has 2 atom stereocenters. The Morgan fingerprint density at radius 2 is 2.00 bits per heavy atom. The number of aliphatic hydroxyl groups excluding tert-OH is 1. The molecule has 104 valence electrons. The van der Waals surface area contributed by atoms with Crippen molar-refractivity contribution in [1.29, 1.82) is 0 Å². The van der Waals surface area contributed by atoms with Gasteiger partial charge < -0.3 is 5.11 Å². The second kappa shape index (κ2) is 9.32. The van der Waals surface area contributed by atoms with Gasteiger partial charge in [0.05, 0.1) is 0 Å². The van der Waals surface area contributed by atoms with Gasteiger partial charge >= 0.3 is 0 Å². The van der Waals surface area contributed by atoms with Crippen molar-refractivity contribution in [2.45, 2.75) is 64.7 Å². The minimum Gasteiger partial charge on any atom is -0.396 e. The van der Waals surface area contributed by atoms with E-state index in [2.05, 4.69) is 19.1 Å². The standard InChI is InChI=1S/C16H28O2/c1-2-3-6-10-15-14(11-12-16(15)18)9-7-4-5-8-13-17/h3,6,14-15,17H,2,4-5,7-13H2,1H3/t14-,15-/m0/s1. The zero-order chi connectivity index (χ0) is 13.2. The highest BCUT2D eigenvalue weighted by Gasteiger charge is 2.32. The molecule has 0 aromatic carbocycles. The summed E-state index contributed by atoms with van der Waals surface area (Å²) >= 11 is 0. The van der Waals surface area contributed by atoms with Crippen LogP contribution in [0, 0.1) is 11.8 Å². The number of hydrogen-bond donors (Lipinski definition) is 1. The van der Waals surface area contributed by atoms with Crippen LogP contribution < -0.4 is 0 Å². The SMILES string of the molecule is CCC=CC[C@@H]1C(=O)CC[C@@H]1CCCCCCO. The van der Waals surface area contributed by atoms with Crippen LogP contribution in [0.3, 0.4) is 0 Å². The molecule has 0 aromatic rings. The fourth-order valence-corrected chi connectivity index (χ4v) is 2.93. The van der Waals surface area contributed by atoms with E-state index >= 15 is 0 Å². The van der Waals surface area contributed by atoms with Crippen molar-refractivity contribution in [2.24, 2.45) is 11.8 Å². The maximum Gasteiger partial charge on any atom is 0.136 e. The number of unbranched alkanes of at least 4 members (excludes halogenated alkanes) is 3. The minimum absolute atomic E-state index is 0.297. The zero-order valence-corrected chi connectivity index (χ0v) is 11.7. The molecule has 2 heteroatoms.